The van der Waals surface area contributed by atoms with Crippen molar-refractivity contribution in [3.8, 4) is 5.75 Å². The minimum Gasteiger partial charge on any atom is -0.507 e. The van der Waals surface area contributed by atoms with Crippen LogP contribution in [0.15, 0.2) is 22.7 Å². The number of carbonyl (C=O) groups is 1. The number of benzene rings is 1. The fourth-order valence-electron chi connectivity index (χ4n) is 1.28. The van der Waals surface area contributed by atoms with Gasteiger partial charge in [0.25, 0.3) is 5.91 Å². The average molecular weight is 326 g/mol. The first-order chi connectivity index (χ1) is 8.29. The highest BCUT2D eigenvalue weighted by Crippen LogP contribution is 2.23. The third-order valence-electron chi connectivity index (χ3n) is 2.13. The Hall–Kier alpha value is -1.24. The summed E-state index contributed by atoms with van der Waals surface area (Å²) in [4.78, 5) is 11.5. The molecule has 2 N–H and O–H groups in total. The number of rotatable bonds is 4. The molecule has 1 aromatic rings. The Morgan fingerprint density at radius 2 is 2.06 bits per heavy atom. The third-order valence-corrected chi connectivity index (χ3v) is 2.62. The lowest BCUT2D eigenvalue weighted by Gasteiger charge is -2.08. The lowest BCUT2D eigenvalue weighted by Crippen LogP contribution is -2.25. The summed E-state index contributed by atoms with van der Waals surface area (Å²) in [5.74, 6) is -0.820. The summed E-state index contributed by atoms with van der Waals surface area (Å²) in [5.41, 5.74) is 0.0326. The fourth-order valence-corrected chi connectivity index (χ4v) is 1.63. The topological polar surface area (TPSA) is 49.3 Å². The largest absolute Gasteiger partial charge is 0.507 e. The van der Waals surface area contributed by atoms with Crippen LogP contribution in [0.2, 0.25) is 0 Å². The van der Waals surface area contributed by atoms with Gasteiger partial charge in [-0.3, -0.25) is 4.79 Å². The quantitative estimate of drug-likeness (QED) is 0.835. The zero-order chi connectivity index (χ0) is 13.8. The van der Waals surface area contributed by atoms with Crippen LogP contribution in [0, 0.1) is 0 Å². The Morgan fingerprint density at radius 1 is 1.39 bits per heavy atom. The van der Waals surface area contributed by atoms with Crippen LogP contribution in [0.4, 0.5) is 13.2 Å². The Kier molecular flexibility index (Phi) is 5.01. The van der Waals surface area contributed by atoms with Gasteiger partial charge >= 0.3 is 6.18 Å². The molecule has 1 amide bonds. The molecule has 1 aromatic carbocycles. The maximum atomic E-state index is 11.9. The van der Waals surface area contributed by atoms with Crippen molar-refractivity contribution in [3.05, 3.63) is 28.2 Å². The van der Waals surface area contributed by atoms with Crippen LogP contribution in [-0.4, -0.2) is 23.7 Å². The molecule has 0 saturated heterocycles. The van der Waals surface area contributed by atoms with Gasteiger partial charge in [-0.15, -0.1) is 0 Å². The molecule has 0 saturated carbocycles. The standard InChI is InChI=1S/C11H11BrF3NO2/c12-7-2-3-8(9(17)6-7)10(18)16-5-1-4-11(13,14)15/h2-3,6,17H,1,4-5H2,(H,16,18). The summed E-state index contributed by atoms with van der Waals surface area (Å²) >= 11 is 3.11. The van der Waals surface area contributed by atoms with Gasteiger partial charge in [0.15, 0.2) is 0 Å². The second-order valence-electron chi connectivity index (χ2n) is 3.64. The zero-order valence-corrected chi connectivity index (χ0v) is 10.8. The van der Waals surface area contributed by atoms with E-state index in [1.807, 2.05) is 0 Å². The number of halogens is 4. The molecular formula is C11H11BrF3NO2. The zero-order valence-electron chi connectivity index (χ0n) is 9.22. The number of amides is 1. The van der Waals surface area contributed by atoms with Gasteiger partial charge in [-0.25, -0.2) is 0 Å². The van der Waals surface area contributed by atoms with Crippen molar-refractivity contribution in [2.24, 2.45) is 0 Å². The van der Waals surface area contributed by atoms with E-state index in [0.717, 1.165) is 0 Å². The lowest BCUT2D eigenvalue weighted by atomic mass is 10.2. The minimum absolute atomic E-state index is 0.0326. The van der Waals surface area contributed by atoms with Crippen molar-refractivity contribution in [2.75, 3.05) is 6.54 Å². The number of phenols is 1. The SMILES string of the molecule is O=C(NCCCC(F)(F)F)c1ccc(Br)cc1O. The van der Waals surface area contributed by atoms with Crippen molar-refractivity contribution in [2.45, 2.75) is 19.0 Å². The van der Waals surface area contributed by atoms with E-state index in [2.05, 4.69) is 21.2 Å². The van der Waals surface area contributed by atoms with E-state index < -0.39 is 18.5 Å². The molecule has 0 radical (unpaired) electrons. The average Bonchev–Trinajstić information content (AvgIpc) is 2.22. The highest BCUT2D eigenvalue weighted by Gasteiger charge is 2.26. The van der Waals surface area contributed by atoms with E-state index in [0.29, 0.717) is 4.47 Å². The minimum atomic E-state index is -4.22. The van der Waals surface area contributed by atoms with Crippen LogP contribution < -0.4 is 5.32 Å². The summed E-state index contributed by atoms with van der Waals surface area (Å²) in [6.07, 6.45) is -5.35. The van der Waals surface area contributed by atoms with Crippen LogP contribution in [0.1, 0.15) is 23.2 Å². The summed E-state index contributed by atoms with van der Waals surface area (Å²) in [5, 5.41) is 11.8. The van der Waals surface area contributed by atoms with Crippen molar-refractivity contribution in [1.82, 2.24) is 5.32 Å². The summed E-state index contributed by atoms with van der Waals surface area (Å²) < 4.78 is 36.2. The van der Waals surface area contributed by atoms with Gasteiger partial charge in [-0.05, 0) is 24.6 Å². The van der Waals surface area contributed by atoms with Gasteiger partial charge in [0.05, 0.1) is 5.56 Å². The lowest BCUT2D eigenvalue weighted by molar-refractivity contribution is -0.135. The normalized spacial score (nSPS) is 11.3. The molecule has 0 aromatic heterocycles. The first kappa shape index (κ1) is 14.8. The van der Waals surface area contributed by atoms with Crippen LogP contribution in [0.5, 0.6) is 5.75 Å². The molecule has 100 valence electrons. The van der Waals surface area contributed by atoms with Gasteiger partial charge in [0.2, 0.25) is 0 Å². The number of hydrogen-bond acceptors (Lipinski definition) is 2. The predicted octanol–water partition coefficient (Wildman–Crippen LogP) is 3.23. The maximum absolute atomic E-state index is 11.9. The highest BCUT2D eigenvalue weighted by atomic mass is 79.9. The Balaban J connectivity index is 2.46. The Bertz CT molecular complexity index is 435. The fraction of sp³-hybridized carbons (Fsp3) is 0.364. The molecular weight excluding hydrogens is 315 g/mol. The van der Waals surface area contributed by atoms with Crippen molar-refractivity contribution in [1.29, 1.82) is 0 Å². The second-order valence-corrected chi connectivity index (χ2v) is 4.55. The van der Waals surface area contributed by atoms with Crippen molar-refractivity contribution < 1.29 is 23.1 Å². The van der Waals surface area contributed by atoms with Gasteiger partial charge < -0.3 is 10.4 Å². The van der Waals surface area contributed by atoms with E-state index in [4.69, 9.17) is 0 Å². The van der Waals surface area contributed by atoms with Gasteiger partial charge in [0, 0.05) is 17.4 Å². The molecule has 0 bridgehead atoms. The van der Waals surface area contributed by atoms with Gasteiger partial charge in [-0.1, -0.05) is 15.9 Å². The molecule has 0 aliphatic heterocycles. The number of carbonyl (C=O) groups excluding carboxylic acids is 1. The first-order valence-electron chi connectivity index (χ1n) is 5.13. The Labute approximate surface area is 110 Å². The highest BCUT2D eigenvalue weighted by molar-refractivity contribution is 9.10. The molecule has 1 rings (SSSR count). The van der Waals surface area contributed by atoms with E-state index in [-0.39, 0.29) is 24.3 Å². The molecule has 0 heterocycles. The van der Waals surface area contributed by atoms with Crippen LogP contribution in [-0.2, 0) is 0 Å². The molecule has 0 atom stereocenters. The number of nitrogens with one attached hydrogen (secondary N) is 1. The van der Waals surface area contributed by atoms with Gasteiger partial charge in [0.1, 0.15) is 5.75 Å². The molecule has 7 heteroatoms. The van der Waals surface area contributed by atoms with Crippen molar-refractivity contribution in [3.63, 3.8) is 0 Å². The maximum Gasteiger partial charge on any atom is 0.389 e. The second kappa shape index (κ2) is 6.08. The summed E-state index contributed by atoms with van der Waals surface area (Å²) in [6.45, 7) is -0.0894. The first-order valence-corrected chi connectivity index (χ1v) is 5.92. The molecule has 0 unspecified atom stereocenters. The van der Waals surface area contributed by atoms with Gasteiger partial charge in [-0.2, -0.15) is 13.2 Å². The van der Waals surface area contributed by atoms with E-state index >= 15 is 0 Å². The predicted molar refractivity (Wildman–Crippen MR) is 63.4 cm³/mol. The van der Waals surface area contributed by atoms with Crippen LogP contribution >= 0.6 is 15.9 Å². The monoisotopic (exact) mass is 325 g/mol. The summed E-state index contributed by atoms with van der Waals surface area (Å²) in [7, 11) is 0. The van der Waals surface area contributed by atoms with E-state index in [1.54, 1.807) is 6.07 Å². The molecule has 18 heavy (non-hydrogen) atoms. The Morgan fingerprint density at radius 3 is 2.61 bits per heavy atom. The number of alkyl halides is 3. The van der Waals surface area contributed by atoms with Crippen LogP contribution in [0.25, 0.3) is 0 Å². The molecule has 0 aliphatic carbocycles. The van der Waals surface area contributed by atoms with Crippen LogP contribution in [0.3, 0.4) is 0 Å². The number of aromatic hydroxyl groups is 1. The van der Waals surface area contributed by atoms with E-state index in [1.165, 1.54) is 12.1 Å². The molecule has 0 aliphatic rings. The smallest absolute Gasteiger partial charge is 0.389 e. The van der Waals surface area contributed by atoms with Crippen molar-refractivity contribution >= 4 is 21.8 Å². The van der Waals surface area contributed by atoms with E-state index in [9.17, 15) is 23.1 Å². The third kappa shape index (κ3) is 4.95. The summed E-state index contributed by atoms with van der Waals surface area (Å²) in [6, 6.07) is 4.29. The molecule has 3 nitrogen and oxygen atoms in total. The number of hydrogen-bond donors (Lipinski definition) is 2. The molecule has 0 spiro atoms. The number of phenolic OH excluding ortho intramolecular Hbond substituents is 1. The molecule has 0 fully saturated rings.